The average molecular weight is 705 g/mol. The minimum Gasteiger partial charge on any atom is -0.497 e. The number of fused-ring (bicyclic) bond motifs is 3. The van der Waals surface area contributed by atoms with Crippen LogP contribution in [0.3, 0.4) is 0 Å². The number of para-hydroxylation sites is 1. The second-order valence-corrected chi connectivity index (χ2v) is 15.7. The SMILES string of the molecule is CCC(C)Cc1cccc(CC(C)CC)c1-c1cnn(-c2cc(Oc3ccc4c5ccccc5n(-c5cc(OC)ccn5)c4c3)cc(C(C)(C)C)c2)c1. The van der Waals surface area contributed by atoms with Gasteiger partial charge in [0, 0.05) is 46.9 Å². The Labute approximate surface area is 314 Å². The molecule has 0 bridgehead atoms. The number of benzene rings is 4. The largest absolute Gasteiger partial charge is 0.497 e. The number of hydrogen-bond donors (Lipinski definition) is 0. The first-order chi connectivity index (χ1) is 25.6. The Bertz CT molecular complexity index is 2350. The predicted octanol–water partition coefficient (Wildman–Crippen LogP) is 12.3. The van der Waals surface area contributed by atoms with Gasteiger partial charge in [-0.1, -0.05) is 97.7 Å². The third kappa shape index (κ3) is 7.46. The minimum atomic E-state index is -0.106. The van der Waals surface area contributed by atoms with Crippen molar-refractivity contribution in [3.63, 3.8) is 0 Å². The molecule has 2 atom stereocenters. The molecule has 0 amide bonds. The Balaban J connectivity index is 1.30. The van der Waals surface area contributed by atoms with E-state index in [1.54, 1.807) is 13.3 Å². The van der Waals surface area contributed by atoms with Crippen LogP contribution in [-0.4, -0.2) is 26.4 Å². The van der Waals surface area contributed by atoms with E-state index in [0.29, 0.717) is 11.8 Å². The maximum absolute atomic E-state index is 6.76. The molecular weight excluding hydrogens is 653 g/mol. The number of nitrogens with zero attached hydrogens (tertiary/aromatic N) is 4. The minimum absolute atomic E-state index is 0.106. The molecule has 3 aromatic heterocycles. The molecule has 6 heteroatoms. The van der Waals surface area contributed by atoms with Crippen molar-refractivity contribution in [1.82, 2.24) is 19.3 Å². The Morgan fingerprint density at radius 2 is 1.43 bits per heavy atom. The van der Waals surface area contributed by atoms with Gasteiger partial charge in [-0.15, -0.1) is 0 Å². The van der Waals surface area contributed by atoms with Crippen molar-refractivity contribution in [3.05, 3.63) is 126 Å². The quantitative estimate of drug-likeness (QED) is 0.127. The summed E-state index contributed by atoms with van der Waals surface area (Å²) in [5, 5.41) is 7.27. The van der Waals surface area contributed by atoms with Crippen molar-refractivity contribution >= 4 is 21.8 Å². The van der Waals surface area contributed by atoms with E-state index in [-0.39, 0.29) is 5.41 Å². The standard InChI is InChI=1S/C47H52N4O2/c1-9-31(3)22-33-14-13-15-34(23-32(4)10-2)46(33)35-29-49-50(30-35)37-24-36(47(5,6)7)25-40(26-37)53-39-18-19-42-41-16-11-12-17-43(41)51(44(42)27-39)45-28-38(52-8)20-21-48-45/h11-21,24-32H,9-10,22-23H2,1-8H3. The first-order valence-corrected chi connectivity index (χ1v) is 19.1. The molecule has 0 fully saturated rings. The number of pyridine rings is 1. The van der Waals surface area contributed by atoms with Crippen LogP contribution in [0.2, 0.25) is 0 Å². The zero-order valence-electron chi connectivity index (χ0n) is 32.5. The van der Waals surface area contributed by atoms with Gasteiger partial charge >= 0.3 is 0 Å². The van der Waals surface area contributed by atoms with Crippen molar-refractivity contribution in [2.45, 2.75) is 79.6 Å². The summed E-state index contributed by atoms with van der Waals surface area (Å²) in [4.78, 5) is 4.73. The molecule has 0 aliphatic carbocycles. The fourth-order valence-electron chi connectivity index (χ4n) is 7.25. The lowest BCUT2D eigenvalue weighted by Crippen LogP contribution is -2.12. The van der Waals surface area contributed by atoms with E-state index < -0.39 is 0 Å². The van der Waals surface area contributed by atoms with Crippen molar-refractivity contribution < 1.29 is 9.47 Å². The molecule has 4 aromatic carbocycles. The van der Waals surface area contributed by atoms with Crippen molar-refractivity contribution in [3.8, 4) is 39.9 Å². The molecule has 53 heavy (non-hydrogen) atoms. The average Bonchev–Trinajstić information content (AvgIpc) is 3.77. The lowest BCUT2D eigenvalue weighted by atomic mass is 9.86. The number of aromatic nitrogens is 4. The second kappa shape index (κ2) is 14.9. The van der Waals surface area contributed by atoms with Gasteiger partial charge in [0.05, 0.1) is 30.0 Å². The Hall–Kier alpha value is -5.36. The highest BCUT2D eigenvalue weighted by atomic mass is 16.5. The van der Waals surface area contributed by atoms with Crippen molar-refractivity contribution in [2.24, 2.45) is 11.8 Å². The Kier molecular flexibility index (Phi) is 10.2. The van der Waals surface area contributed by atoms with Gasteiger partial charge in [-0.3, -0.25) is 4.57 Å². The van der Waals surface area contributed by atoms with Crippen LogP contribution in [0.4, 0.5) is 0 Å². The highest BCUT2D eigenvalue weighted by Crippen LogP contribution is 2.38. The van der Waals surface area contributed by atoms with E-state index in [9.17, 15) is 0 Å². The van der Waals surface area contributed by atoms with Gasteiger partial charge in [-0.2, -0.15) is 5.10 Å². The first-order valence-electron chi connectivity index (χ1n) is 19.1. The zero-order valence-corrected chi connectivity index (χ0v) is 32.5. The fourth-order valence-corrected chi connectivity index (χ4v) is 7.25. The summed E-state index contributed by atoms with van der Waals surface area (Å²) >= 11 is 0. The summed E-state index contributed by atoms with van der Waals surface area (Å²) in [6.45, 7) is 16.0. The summed E-state index contributed by atoms with van der Waals surface area (Å²) in [5.74, 6) is 4.28. The molecule has 0 radical (unpaired) electrons. The van der Waals surface area contributed by atoms with Crippen LogP contribution in [0.5, 0.6) is 17.2 Å². The van der Waals surface area contributed by atoms with Gasteiger partial charge in [0.15, 0.2) is 0 Å². The van der Waals surface area contributed by atoms with Crippen LogP contribution < -0.4 is 9.47 Å². The van der Waals surface area contributed by atoms with Crippen molar-refractivity contribution in [2.75, 3.05) is 7.11 Å². The van der Waals surface area contributed by atoms with Crippen LogP contribution in [0.15, 0.2) is 110 Å². The summed E-state index contributed by atoms with van der Waals surface area (Å²) < 4.78 is 16.5. The van der Waals surface area contributed by atoms with Crippen LogP contribution in [-0.2, 0) is 18.3 Å². The highest BCUT2D eigenvalue weighted by Gasteiger charge is 2.20. The van der Waals surface area contributed by atoms with Gasteiger partial charge < -0.3 is 9.47 Å². The van der Waals surface area contributed by atoms with Gasteiger partial charge in [-0.25, -0.2) is 9.67 Å². The van der Waals surface area contributed by atoms with Crippen LogP contribution in [0.25, 0.3) is 44.4 Å². The summed E-state index contributed by atoms with van der Waals surface area (Å²) in [6, 6.07) is 31.9. The molecule has 0 saturated carbocycles. The monoisotopic (exact) mass is 704 g/mol. The maximum Gasteiger partial charge on any atom is 0.141 e. The molecule has 2 unspecified atom stereocenters. The number of hydrogen-bond acceptors (Lipinski definition) is 4. The van der Waals surface area contributed by atoms with E-state index in [1.165, 1.54) is 22.3 Å². The molecule has 0 aliphatic heterocycles. The predicted molar refractivity (Wildman–Crippen MR) is 219 cm³/mol. The molecule has 7 aromatic rings. The maximum atomic E-state index is 6.76. The van der Waals surface area contributed by atoms with E-state index in [2.05, 4.69) is 138 Å². The molecule has 7 rings (SSSR count). The number of rotatable bonds is 12. The summed E-state index contributed by atoms with van der Waals surface area (Å²) in [5.41, 5.74) is 9.44. The summed E-state index contributed by atoms with van der Waals surface area (Å²) in [6.07, 6.45) is 10.5. The number of ether oxygens (including phenoxy) is 2. The van der Waals surface area contributed by atoms with Gasteiger partial charge in [0.25, 0.3) is 0 Å². The molecule has 3 heterocycles. The lowest BCUT2D eigenvalue weighted by molar-refractivity contribution is 0.414. The topological polar surface area (TPSA) is 54.1 Å². The molecule has 0 N–H and O–H groups in total. The van der Waals surface area contributed by atoms with E-state index in [0.717, 1.165) is 81.8 Å². The number of methoxy groups -OCH3 is 1. The van der Waals surface area contributed by atoms with Crippen LogP contribution >= 0.6 is 0 Å². The Morgan fingerprint density at radius 1 is 0.717 bits per heavy atom. The van der Waals surface area contributed by atoms with Crippen LogP contribution in [0.1, 0.15) is 78.0 Å². The molecule has 272 valence electrons. The first kappa shape index (κ1) is 36.0. The smallest absolute Gasteiger partial charge is 0.141 e. The fraction of sp³-hybridized carbons (Fsp3) is 0.319. The van der Waals surface area contributed by atoms with E-state index >= 15 is 0 Å². The molecule has 0 spiro atoms. The van der Waals surface area contributed by atoms with Gasteiger partial charge in [0.1, 0.15) is 23.1 Å². The van der Waals surface area contributed by atoms with E-state index in [4.69, 9.17) is 19.6 Å². The van der Waals surface area contributed by atoms with Gasteiger partial charge in [-0.05, 0) is 88.7 Å². The van der Waals surface area contributed by atoms with E-state index in [1.807, 2.05) is 23.0 Å². The third-order valence-electron chi connectivity index (χ3n) is 10.7. The molecule has 0 saturated heterocycles. The lowest BCUT2D eigenvalue weighted by Gasteiger charge is -2.21. The van der Waals surface area contributed by atoms with Crippen LogP contribution in [0, 0.1) is 11.8 Å². The highest BCUT2D eigenvalue weighted by molar-refractivity contribution is 6.09. The van der Waals surface area contributed by atoms with Crippen molar-refractivity contribution in [1.29, 1.82) is 0 Å². The molecule has 0 aliphatic rings. The normalized spacial score (nSPS) is 13.1. The van der Waals surface area contributed by atoms with Gasteiger partial charge in [0.2, 0.25) is 0 Å². The third-order valence-corrected chi connectivity index (χ3v) is 10.7. The Morgan fingerprint density at radius 3 is 2.13 bits per heavy atom. The molecular formula is C47H52N4O2. The molecule has 6 nitrogen and oxygen atoms in total. The second-order valence-electron chi connectivity index (χ2n) is 15.7. The zero-order chi connectivity index (χ0) is 37.3. The summed E-state index contributed by atoms with van der Waals surface area (Å²) in [7, 11) is 1.68.